The van der Waals surface area contributed by atoms with Gasteiger partial charge in [-0.1, -0.05) is 18.4 Å². The third-order valence-electron chi connectivity index (χ3n) is 3.18. The molecule has 0 bridgehead atoms. The molecule has 16 heavy (non-hydrogen) atoms. The van der Waals surface area contributed by atoms with Gasteiger partial charge >= 0.3 is 0 Å². The van der Waals surface area contributed by atoms with E-state index < -0.39 is 0 Å². The van der Waals surface area contributed by atoms with E-state index in [9.17, 15) is 0 Å². The molecular weight excluding hydrogens is 218 g/mol. The first-order chi connectivity index (χ1) is 7.74. The Kier molecular flexibility index (Phi) is 3.93. The Hall–Kier alpha value is -0.900. The van der Waals surface area contributed by atoms with E-state index in [0.29, 0.717) is 11.2 Å². The molecule has 2 N–H and O–H groups in total. The van der Waals surface area contributed by atoms with Crippen molar-refractivity contribution in [2.24, 2.45) is 5.10 Å². The number of rotatable bonds is 2. The summed E-state index contributed by atoms with van der Waals surface area (Å²) in [5, 5.41) is 8.27. The van der Waals surface area contributed by atoms with Crippen LogP contribution in [-0.2, 0) is 0 Å². The van der Waals surface area contributed by atoms with Crippen LogP contribution in [0.3, 0.4) is 0 Å². The molecule has 0 aromatic heterocycles. The van der Waals surface area contributed by atoms with Gasteiger partial charge in [0.25, 0.3) is 0 Å². The summed E-state index contributed by atoms with van der Waals surface area (Å²) >= 11 is 5.20. The first-order valence-electron chi connectivity index (χ1n) is 6.04. The predicted molar refractivity (Wildman–Crippen MR) is 71.6 cm³/mol. The summed E-state index contributed by atoms with van der Waals surface area (Å²) in [6.07, 6.45) is 9.39. The number of hydrazone groups is 1. The predicted octanol–water partition coefficient (Wildman–Crippen LogP) is 2.49. The van der Waals surface area contributed by atoms with Crippen LogP contribution in [-0.4, -0.2) is 16.9 Å². The van der Waals surface area contributed by atoms with Gasteiger partial charge in [-0.25, -0.2) is 0 Å². The summed E-state index contributed by atoms with van der Waals surface area (Å²) in [6.45, 7) is 2.14. The molecule has 2 aliphatic rings. The fourth-order valence-electron chi connectivity index (χ4n) is 2.25. The van der Waals surface area contributed by atoms with Gasteiger partial charge in [-0.15, -0.1) is 0 Å². The zero-order valence-corrected chi connectivity index (χ0v) is 10.6. The average Bonchev–Trinajstić information content (AvgIpc) is 2.87. The summed E-state index contributed by atoms with van der Waals surface area (Å²) < 4.78 is 0. The van der Waals surface area contributed by atoms with Crippen molar-refractivity contribution >= 4 is 23.0 Å². The van der Waals surface area contributed by atoms with Crippen molar-refractivity contribution in [3.8, 4) is 0 Å². The van der Waals surface area contributed by atoms with Crippen molar-refractivity contribution in [2.45, 2.75) is 51.5 Å². The minimum absolute atomic E-state index is 0.557. The smallest absolute Gasteiger partial charge is 0.187 e. The van der Waals surface area contributed by atoms with E-state index in [2.05, 4.69) is 28.8 Å². The topological polar surface area (TPSA) is 36.4 Å². The summed E-state index contributed by atoms with van der Waals surface area (Å²) in [7, 11) is 0. The zero-order valence-electron chi connectivity index (χ0n) is 9.75. The maximum absolute atomic E-state index is 5.20. The Morgan fingerprint density at radius 3 is 2.75 bits per heavy atom. The number of hydrogen-bond donors (Lipinski definition) is 2. The largest absolute Gasteiger partial charge is 0.359 e. The van der Waals surface area contributed by atoms with Gasteiger partial charge in [0.1, 0.15) is 0 Å². The number of nitrogens with zero attached hydrogens (tertiary/aromatic N) is 1. The second kappa shape index (κ2) is 5.43. The Balaban J connectivity index is 1.75. The van der Waals surface area contributed by atoms with Crippen molar-refractivity contribution in [1.29, 1.82) is 0 Å². The van der Waals surface area contributed by atoms with Gasteiger partial charge in [0.2, 0.25) is 0 Å². The maximum atomic E-state index is 5.20. The van der Waals surface area contributed by atoms with Gasteiger partial charge in [0.15, 0.2) is 5.11 Å². The molecule has 0 unspecified atom stereocenters. The molecule has 0 saturated heterocycles. The van der Waals surface area contributed by atoms with Crippen molar-refractivity contribution in [1.82, 2.24) is 10.7 Å². The lowest BCUT2D eigenvalue weighted by molar-refractivity contribution is 0.623. The second-order valence-electron chi connectivity index (χ2n) is 4.66. The van der Waals surface area contributed by atoms with Gasteiger partial charge < -0.3 is 5.32 Å². The van der Waals surface area contributed by atoms with Crippen LogP contribution in [0.4, 0.5) is 0 Å². The Morgan fingerprint density at radius 1 is 1.38 bits per heavy atom. The normalized spacial score (nSPS) is 23.6. The third kappa shape index (κ3) is 3.30. The van der Waals surface area contributed by atoms with E-state index in [4.69, 9.17) is 12.2 Å². The molecule has 2 aliphatic carbocycles. The number of nitrogens with one attached hydrogen (secondary N) is 2. The molecule has 0 radical (unpaired) electrons. The summed E-state index contributed by atoms with van der Waals surface area (Å²) in [5.41, 5.74) is 5.44. The van der Waals surface area contributed by atoms with E-state index in [-0.39, 0.29) is 0 Å². The molecule has 1 fully saturated rings. The molecule has 1 saturated carbocycles. The summed E-state index contributed by atoms with van der Waals surface area (Å²) in [6, 6.07) is 0.557. The second-order valence-corrected chi connectivity index (χ2v) is 5.07. The molecule has 0 spiro atoms. The highest BCUT2D eigenvalue weighted by atomic mass is 32.1. The molecule has 3 nitrogen and oxygen atoms in total. The van der Waals surface area contributed by atoms with Crippen LogP contribution in [0.25, 0.3) is 0 Å². The highest BCUT2D eigenvalue weighted by Crippen LogP contribution is 2.17. The lowest BCUT2D eigenvalue weighted by Crippen LogP contribution is -2.38. The molecule has 0 aromatic rings. The maximum Gasteiger partial charge on any atom is 0.187 e. The van der Waals surface area contributed by atoms with Crippen molar-refractivity contribution in [3.63, 3.8) is 0 Å². The molecule has 4 heteroatoms. The number of thiocarbonyl (C=S) groups is 1. The molecule has 88 valence electrons. The minimum Gasteiger partial charge on any atom is -0.359 e. The van der Waals surface area contributed by atoms with E-state index in [1.54, 1.807) is 0 Å². The molecule has 0 aliphatic heterocycles. The molecule has 0 heterocycles. The fourth-order valence-corrected chi connectivity index (χ4v) is 2.46. The molecule has 0 atom stereocenters. The van der Waals surface area contributed by atoms with Crippen molar-refractivity contribution < 1.29 is 0 Å². The number of hydrogen-bond acceptors (Lipinski definition) is 2. The standard InChI is InChI=1S/C12H19N3S/c1-9-6-7-11(8-9)14-15-12(16)13-10-4-2-3-5-10/h8,10H,2-7H2,1H3,(H2,13,15,16)/b14-11-. The van der Waals surface area contributed by atoms with Crippen LogP contribution >= 0.6 is 12.2 Å². The van der Waals surface area contributed by atoms with Gasteiger partial charge in [0.05, 0.1) is 5.71 Å². The van der Waals surface area contributed by atoms with Gasteiger partial charge in [-0.05, 0) is 50.9 Å². The van der Waals surface area contributed by atoms with E-state index in [1.807, 2.05) is 0 Å². The van der Waals surface area contributed by atoms with Crippen LogP contribution in [0.5, 0.6) is 0 Å². The van der Waals surface area contributed by atoms with Crippen LogP contribution in [0.1, 0.15) is 45.4 Å². The highest BCUT2D eigenvalue weighted by Gasteiger charge is 2.15. The SMILES string of the molecule is CC1=C/C(=N\NC(=S)NC2CCCC2)CC1. The summed E-state index contributed by atoms with van der Waals surface area (Å²) in [5.74, 6) is 0. The minimum atomic E-state index is 0.557. The monoisotopic (exact) mass is 237 g/mol. The molecular formula is C12H19N3S. The molecule has 2 rings (SSSR count). The van der Waals surface area contributed by atoms with Crippen LogP contribution in [0.15, 0.2) is 16.8 Å². The lowest BCUT2D eigenvalue weighted by atomic mass is 10.3. The number of allylic oxidation sites excluding steroid dienone is 2. The van der Waals surface area contributed by atoms with E-state index in [1.165, 1.54) is 31.3 Å². The van der Waals surface area contributed by atoms with Gasteiger partial charge in [-0.2, -0.15) is 5.10 Å². The highest BCUT2D eigenvalue weighted by molar-refractivity contribution is 7.80. The third-order valence-corrected chi connectivity index (χ3v) is 3.39. The molecule has 0 aromatic carbocycles. The van der Waals surface area contributed by atoms with Crippen molar-refractivity contribution in [3.05, 3.63) is 11.6 Å². The van der Waals surface area contributed by atoms with Crippen LogP contribution in [0.2, 0.25) is 0 Å². The van der Waals surface area contributed by atoms with Crippen LogP contribution in [0, 0.1) is 0 Å². The lowest BCUT2D eigenvalue weighted by Gasteiger charge is -2.13. The van der Waals surface area contributed by atoms with Crippen LogP contribution < -0.4 is 10.7 Å². The Labute approximate surface area is 102 Å². The first kappa shape index (κ1) is 11.6. The Morgan fingerprint density at radius 2 is 2.12 bits per heavy atom. The van der Waals surface area contributed by atoms with Gasteiger partial charge in [0, 0.05) is 6.04 Å². The van der Waals surface area contributed by atoms with Crippen molar-refractivity contribution in [2.75, 3.05) is 0 Å². The van der Waals surface area contributed by atoms with E-state index in [0.717, 1.165) is 18.6 Å². The average molecular weight is 237 g/mol. The van der Waals surface area contributed by atoms with Gasteiger partial charge in [-0.3, -0.25) is 5.43 Å². The Bertz CT molecular complexity index is 327. The summed E-state index contributed by atoms with van der Waals surface area (Å²) in [4.78, 5) is 0. The quantitative estimate of drug-likeness (QED) is 0.572. The molecule has 0 amide bonds. The zero-order chi connectivity index (χ0) is 11.4. The van der Waals surface area contributed by atoms with E-state index >= 15 is 0 Å². The first-order valence-corrected chi connectivity index (χ1v) is 6.45. The fraction of sp³-hybridized carbons (Fsp3) is 0.667.